The fourth-order valence-electron chi connectivity index (χ4n) is 0.699. The van der Waals surface area contributed by atoms with Crippen LogP contribution >= 0.6 is 11.6 Å². The molecule has 0 heterocycles. The first kappa shape index (κ1) is 11.9. The quantitative estimate of drug-likeness (QED) is 0.377. The Morgan fingerprint density at radius 1 is 1.42 bits per heavy atom. The van der Waals surface area contributed by atoms with Crippen molar-refractivity contribution in [3.8, 4) is 0 Å². The third kappa shape index (κ3) is 9.95. The van der Waals surface area contributed by atoms with Gasteiger partial charge < -0.3 is 10.1 Å². The first-order valence-corrected chi connectivity index (χ1v) is 4.84. The van der Waals surface area contributed by atoms with Crippen molar-refractivity contribution in [2.45, 2.75) is 20.0 Å². The standard InChI is InChI=1S/C9H18ClNO/c1-9(2)12-8-7-11-6-4-3-5-10/h3-4,9,11H,5-8H2,1-2H3/b4-3+. The molecule has 0 aromatic rings. The highest BCUT2D eigenvalue weighted by Crippen LogP contribution is 1.84. The zero-order valence-corrected chi connectivity index (χ0v) is 8.60. The second-order valence-corrected chi connectivity index (χ2v) is 3.06. The highest BCUT2D eigenvalue weighted by Gasteiger charge is 1.90. The Balaban J connectivity index is 2.96. The van der Waals surface area contributed by atoms with Crippen molar-refractivity contribution in [1.82, 2.24) is 5.32 Å². The maximum absolute atomic E-state index is 5.44. The van der Waals surface area contributed by atoms with Crippen LogP contribution in [0.1, 0.15) is 13.8 Å². The topological polar surface area (TPSA) is 21.3 Å². The van der Waals surface area contributed by atoms with E-state index in [1.807, 2.05) is 26.0 Å². The largest absolute Gasteiger partial charge is 0.377 e. The summed E-state index contributed by atoms with van der Waals surface area (Å²) < 4.78 is 5.34. The van der Waals surface area contributed by atoms with Crippen LogP contribution in [0.3, 0.4) is 0 Å². The van der Waals surface area contributed by atoms with Crippen molar-refractivity contribution in [2.75, 3.05) is 25.6 Å². The minimum absolute atomic E-state index is 0.324. The molecule has 0 aromatic heterocycles. The van der Waals surface area contributed by atoms with Gasteiger partial charge in [-0.1, -0.05) is 12.2 Å². The van der Waals surface area contributed by atoms with Crippen LogP contribution in [-0.4, -0.2) is 31.7 Å². The lowest BCUT2D eigenvalue weighted by molar-refractivity contribution is 0.0813. The van der Waals surface area contributed by atoms with Gasteiger partial charge in [0.2, 0.25) is 0 Å². The molecule has 0 fully saturated rings. The van der Waals surface area contributed by atoms with Crippen LogP contribution in [0.15, 0.2) is 12.2 Å². The van der Waals surface area contributed by atoms with Crippen LogP contribution in [-0.2, 0) is 4.74 Å². The van der Waals surface area contributed by atoms with Gasteiger partial charge in [-0.3, -0.25) is 0 Å². The Morgan fingerprint density at radius 2 is 2.17 bits per heavy atom. The summed E-state index contributed by atoms with van der Waals surface area (Å²) in [6.07, 6.45) is 4.27. The predicted octanol–water partition coefficient (Wildman–Crippen LogP) is 1.80. The molecule has 0 saturated carbocycles. The van der Waals surface area contributed by atoms with E-state index >= 15 is 0 Å². The van der Waals surface area contributed by atoms with Crippen LogP contribution in [0, 0.1) is 0 Å². The maximum atomic E-state index is 5.44. The van der Waals surface area contributed by atoms with Crippen molar-refractivity contribution in [2.24, 2.45) is 0 Å². The van der Waals surface area contributed by atoms with Gasteiger partial charge in [-0.15, -0.1) is 11.6 Å². The predicted molar refractivity (Wildman–Crippen MR) is 53.8 cm³/mol. The molecule has 1 N–H and O–H groups in total. The van der Waals surface area contributed by atoms with Gasteiger partial charge in [0.15, 0.2) is 0 Å². The fraction of sp³-hybridized carbons (Fsp3) is 0.778. The normalized spacial score (nSPS) is 11.7. The molecule has 0 atom stereocenters. The minimum Gasteiger partial charge on any atom is -0.377 e. The Kier molecular flexibility index (Phi) is 9.00. The van der Waals surface area contributed by atoms with Crippen molar-refractivity contribution in [3.63, 3.8) is 0 Å². The smallest absolute Gasteiger partial charge is 0.0594 e. The van der Waals surface area contributed by atoms with Gasteiger partial charge in [-0.05, 0) is 13.8 Å². The fourth-order valence-corrected chi connectivity index (χ4v) is 0.825. The van der Waals surface area contributed by atoms with Crippen molar-refractivity contribution >= 4 is 11.6 Å². The number of hydrogen-bond acceptors (Lipinski definition) is 2. The number of ether oxygens (including phenoxy) is 1. The minimum atomic E-state index is 0.324. The molecule has 0 aliphatic carbocycles. The van der Waals surface area contributed by atoms with Gasteiger partial charge in [-0.2, -0.15) is 0 Å². The summed E-state index contributed by atoms with van der Waals surface area (Å²) in [5, 5.41) is 3.21. The van der Waals surface area contributed by atoms with Gasteiger partial charge in [0.25, 0.3) is 0 Å². The van der Waals surface area contributed by atoms with Crippen LogP contribution in [0.2, 0.25) is 0 Å². The number of halogens is 1. The highest BCUT2D eigenvalue weighted by atomic mass is 35.5. The third-order valence-electron chi connectivity index (χ3n) is 1.25. The molecule has 2 nitrogen and oxygen atoms in total. The summed E-state index contributed by atoms with van der Waals surface area (Å²) in [5.74, 6) is 0.587. The van der Waals surface area contributed by atoms with Crippen LogP contribution in [0.25, 0.3) is 0 Å². The second-order valence-electron chi connectivity index (χ2n) is 2.75. The maximum Gasteiger partial charge on any atom is 0.0594 e. The summed E-state index contributed by atoms with van der Waals surface area (Å²) >= 11 is 5.44. The number of allylic oxidation sites excluding steroid dienone is 1. The molecule has 0 aliphatic heterocycles. The monoisotopic (exact) mass is 191 g/mol. The average molecular weight is 192 g/mol. The molecule has 0 bridgehead atoms. The number of rotatable bonds is 7. The van der Waals surface area contributed by atoms with Gasteiger partial charge >= 0.3 is 0 Å². The van der Waals surface area contributed by atoms with E-state index in [9.17, 15) is 0 Å². The number of nitrogens with one attached hydrogen (secondary N) is 1. The molecule has 3 heteroatoms. The Bertz CT molecular complexity index is 115. The average Bonchev–Trinajstić information content (AvgIpc) is 2.02. The molecule has 0 unspecified atom stereocenters. The summed E-state index contributed by atoms with van der Waals surface area (Å²) in [6.45, 7) is 6.60. The molecule has 72 valence electrons. The molecule has 0 aromatic carbocycles. The van der Waals surface area contributed by atoms with Gasteiger partial charge in [-0.25, -0.2) is 0 Å². The lowest BCUT2D eigenvalue weighted by Crippen LogP contribution is -2.21. The molecule has 0 aliphatic rings. The first-order chi connectivity index (χ1) is 5.77. The molecule has 12 heavy (non-hydrogen) atoms. The van der Waals surface area contributed by atoms with Gasteiger partial charge in [0.1, 0.15) is 0 Å². The zero-order valence-electron chi connectivity index (χ0n) is 7.85. The molecule has 0 spiro atoms. The third-order valence-corrected chi connectivity index (χ3v) is 1.43. The molecular weight excluding hydrogens is 174 g/mol. The molecule has 0 saturated heterocycles. The van der Waals surface area contributed by atoms with Crippen molar-refractivity contribution < 1.29 is 4.74 Å². The SMILES string of the molecule is CC(C)OCCNC/C=C/CCl. The summed E-state index contributed by atoms with van der Waals surface area (Å²) in [6, 6.07) is 0. The molecule has 0 rings (SSSR count). The van der Waals surface area contributed by atoms with E-state index in [2.05, 4.69) is 5.32 Å². The molecule has 0 radical (unpaired) electrons. The molecule has 0 amide bonds. The van der Waals surface area contributed by atoms with E-state index in [1.165, 1.54) is 0 Å². The van der Waals surface area contributed by atoms with Crippen LogP contribution < -0.4 is 5.32 Å². The Labute approximate surface area is 79.9 Å². The Morgan fingerprint density at radius 3 is 2.75 bits per heavy atom. The van der Waals surface area contributed by atoms with Gasteiger partial charge in [0, 0.05) is 19.0 Å². The summed E-state index contributed by atoms with van der Waals surface area (Å²) in [7, 11) is 0. The van der Waals surface area contributed by atoms with Crippen molar-refractivity contribution in [3.05, 3.63) is 12.2 Å². The van der Waals surface area contributed by atoms with Crippen LogP contribution in [0.4, 0.5) is 0 Å². The van der Waals surface area contributed by atoms with E-state index in [-0.39, 0.29) is 0 Å². The zero-order chi connectivity index (χ0) is 9.23. The van der Waals surface area contributed by atoms with Crippen LogP contribution in [0.5, 0.6) is 0 Å². The lowest BCUT2D eigenvalue weighted by atomic mass is 10.5. The van der Waals surface area contributed by atoms with E-state index in [4.69, 9.17) is 16.3 Å². The summed E-state index contributed by atoms with van der Waals surface area (Å²) in [5.41, 5.74) is 0. The first-order valence-electron chi connectivity index (χ1n) is 4.30. The van der Waals surface area contributed by atoms with E-state index in [1.54, 1.807) is 0 Å². The number of alkyl halides is 1. The highest BCUT2D eigenvalue weighted by molar-refractivity contribution is 6.18. The Hall–Kier alpha value is -0.0500. The van der Waals surface area contributed by atoms with E-state index in [0.29, 0.717) is 12.0 Å². The van der Waals surface area contributed by atoms with E-state index in [0.717, 1.165) is 19.7 Å². The van der Waals surface area contributed by atoms with E-state index < -0.39 is 0 Å². The summed E-state index contributed by atoms with van der Waals surface area (Å²) in [4.78, 5) is 0. The lowest BCUT2D eigenvalue weighted by Gasteiger charge is -2.06. The second kappa shape index (κ2) is 9.04. The molecular formula is C9H18ClNO. The van der Waals surface area contributed by atoms with Crippen molar-refractivity contribution in [1.29, 1.82) is 0 Å². The number of hydrogen-bond donors (Lipinski definition) is 1. The van der Waals surface area contributed by atoms with Gasteiger partial charge in [0.05, 0.1) is 12.7 Å².